The lowest BCUT2D eigenvalue weighted by atomic mass is 10.2. The van der Waals surface area contributed by atoms with Gasteiger partial charge in [-0.1, -0.05) is 36.4 Å². The van der Waals surface area contributed by atoms with Crippen molar-refractivity contribution in [1.29, 1.82) is 5.26 Å². The van der Waals surface area contributed by atoms with E-state index in [9.17, 15) is 10.1 Å². The minimum absolute atomic E-state index is 0.118. The smallest absolute Gasteiger partial charge is 0.266 e. The van der Waals surface area contributed by atoms with Crippen LogP contribution in [0.25, 0.3) is 0 Å². The molecule has 154 valence electrons. The maximum atomic E-state index is 12.7. The van der Waals surface area contributed by atoms with Crippen LogP contribution in [0.3, 0.4) is 0 Å². The summed E-state index contributed by atoms with van der Waals surface area (Å²) in [5.41, 5.74) is 2.37. The monoisotopic (exact) mass is 404 g/mol. The Morgan fingerprint density at radius 3 is 2.57 bits per heavy atom. The Morgan fingerprint density at radius 1 is 1.03 bits per heavy atom. The van der Waals surface area contributed by atoms with Crippen LogP contribution in [-0.4, -0.2) is 48.7 Å². The van der Waals surface area contributed by atoms with Gasteiger partial charge >= 0.3 is 0 Å². The van der Waals surface area contributed by atoms with E-state index in [0.717, 1.165) is 30.9 Å². The van der Waals surface area contributed by atoms with E-state index in [4.69, 9.17) is 9.47 Å². The summed E-state index contributed by atoms with van der Waals surface area (Å²) in [6.45, 7) is 4.42. The predicted molar refractivity (Wildman–Crippen MR) is 111 cm³/mol. The minimum atomic E-state index is -0.227. The van der Waals surface area contributed by atoms with E-state index in [0.29, 0.717) is 25.4 Å². The highest BCUT2D eigenvalue weighted by molar-refractivity contribution is 5.97. The Bertz CT molecular complexity index is 960. The first-order valence-electron chi connectivity index (χ1n) is 10.0. The van der Waals surface area contributed by atoms with Gasteiger partial charge in [-0.25, -0.2) is 0 Å². The lowest BCUT2D eigenvalue weighted by Crippen LogP contribution is -2.48. The Kier molecular flexibility index (Phi) is 6.16. The summed E-state index contributed by atoms with van der Waals surface area (Å²) in [5, 5.41) is 12.5. The summed E-state index contributed by atoms with van der Waals surface area (Å²) < 4.78 is 10.7. The molecule has 0 spiro atoms. The number of hydrogen-bond donors (Lipinski definition) is 1. The van der Waals surface area contributed by atoms with Gasteiger partial charge in [0, 0.05) is 45.5 Å². The Hall–Kier alpha value is -3.50. The number of nitriles is 1. The van der Waals surface area contributed by atoms with Crippen LogP contribution in [0.1, 0.15) is 11.1 Å². The van der Waals surface area contributed by atoms with Crippen molar-refractivity contribution in [3.8, 4) is 17.6 Å². The molecule has 1 N–H and O–H groups in total. The van der Waals surface area contributed by atoms with E-state index in [1.165, 1.54) is 11.8 Å². The van der Waals surface area contributed by atoms with Gasteiger partial charge in [0.15, 0.2) is 11.5 Å². The minimum Gasteiger partial charge on any atom is -0.454 e. The molecule has 0 aromatic heterocycles. The fraction of sp³-hybridized carbons (Fsp3) is 0.304. The highest BCUT2D eigenvalue weighted by atomic mass is 16.7. The maximum Gasteiger partial charge on any atom is 0.266 e. The van der Waals surface area contributed by atoms with Crippen molar-refractivity contribution in [2.45, 2.75) is 13.1 Å². The molecule has 30 heavy (non-hydrogen) atoms. The summed E-state index contributed by atoms with van der Waals surface area (Å²) in [6, 6.07) is 18.0. The lowest BCUT2D eigenvalue weighted by molar-refractivity contribution is -0.128. The van der Waals surface area contributed by atoms with Crippen molar-refractivity contribution in [1.82, 2.24) is 15.1 Å². The van der Waals surface area contributed by atoms with Crippen LogP contribution < -0.4 is 14.8 Å². The Morgan fingerprint density at radius 2 is 1.80 bits per heavy atom. The average molecular weight is 404 g/mol. The zero-order valence-corrected chi connectivity index (χ0v) is 16.7. The third-order valence-electron chi connectivity index (χ3n) is 5.25. The molecule has 0 unspecified atom stereocenters. The van der Waals surface area contributed by atoms with Gasteiger partial charge in [-0.05, 0) is 23.3 Å². The second kappa shape index (κ2) is 9.33. The molecule has 0 saturated carbocycles. The van der Waals surface area contributed by atoms with Gasteiger partial charge in [-0.3, -0.25) is 9.69 Å². The van der Waals surface area contributed by atoms with Crippen molar-refractivity contribution in [2.75, 3.05) is 33.0 Å². The average Bonchev–Trinajstić information content (AvgIpc) is 3.25. The van der Waals surface area contributed by atoms with Crippen LogP contribution in [0.2, 0.25) is 0 Å². The van der Waals surface area contributed by atoms with E-state index in [1.54, 1.807) is 4.90 Å². The number of fused-ring (bicyclic) bond motifs is 1. The summed E-state index contributed by atoms with van der Waals surface area (Å²) in [4.78, 5) is 16.8. The number of carbonyl (C=O) groups excluding carboxylic acids is 1. The van der Waals surface area contributed by atoms with E-state index >= 15 is 0 Å². The summed E-state index contributed by atoms with van der Waals surface area (Å²) in [7, 11) is 0. The Balaban J connectivity index is 1.28. The standard InChI is InChI=1S/C23H24N4O3/c24-13-20(15-25-14-19-6-7-21-22(12-19)30-17-29-21)23(28)27-10-8-26(9-11-27)16-18-4-2-1-3-5-18/h1-7,12,15,25H,8-11,14,16-17H2/b20-15-. The number of nitrogens with one attached hydrogen (secondary N) is 1. The van der Waals surface area contributed by atoms with Gasteiger partial charge in [0.1, 0.15) is 11.6 Å². The molecule has 7 heteroatoms. The predicted octanol–water partition coefficient (Wildman–Crippen LogP) is 2.26. The zero-order valence-electron chi connectivity index (χ0n) is 16.7. The number of benzene rings is 2. The van der Waals surface area contributed by atoms with Crippen molar-refractivity contribution in [3.63, 3.8) is 0 Å². The summed E-state index contributed by atoms with van der Waals surface area (Å²) >= 11 is 0. The van der Waals surface area contributed by atoms with Crippen molar-refractivity contribution < 1.29 is 14.3 Å². The molecule has 2 aromatic rings. The van der Waals surface area contributed by atoms with Crippen LogP contribution in [0, 0.1) is 11.3 Å². The van der Waals surface area contributed by atoms with Crippen LogP contribution in [0.4, 0.5) is 0 Å². The third kappa shape index (κ3) is 4.73. The first-order valence-corrected chi connectivity index (χ1v) is 10.0. The normalized spacial score (nSPS) is 16.2. The lowest BCUT2D eigenvalue weighted by Gasteiger charge is -2.34. The Labute approximate surface area is 176 Å². The molecule has 0 bridgehead atoms. The van der Waals surface area contributed by atoms with Gasteiger partial charge < -0.3 is 19.7 Å². The summed E-state index contributed by atoms with van der Waals surface area (Å²) in [6.07, 6.45) is 1.50. The van der Waals surface area contributed by atoms with Crippen molar-refractivity contribution in [3.05, 3.63) is 71.4 Å². The van der Waals surface area contributed by atoms with Crippen molar-refractivity contribution >= 4 is 5.91 Å². The molecule has 1 amide bonds. The van der Waals surface area contributed by atoms with Gasteiger partial charge in [0.05, 0.1) is 0 Å². The molecule has 4 rings (SSSR count). The quantitative estimate of drug-likeness (QED) is 0.588. The second-order valence-electron chi connectivity index (χ2n) is 7.29. The van der Waals surface area contributed by atoms with E-state index < -0.39 is 0 Å². The summed E-state index contributed by atoms with van der Waals surface area (Å²) in [5.74, 6) is 1.21. The highest BCUT2D eigenvalue weighted by Gasteiger charge is 2.23. The van der Waals surface area contributed by atoms with E-state index in [-0.39, 0.29) is 18.3 Å². The SMILES string of the molecule is N#C/C(=C/NCc1ccc2c(c1)OCO2)C(=O)N1CCN(Cc2ccccc2)CC1. The maximum absolute atomic E-state index is 12.7. The topological polar surface area (TPSA) is 77.8 Å². The van der Waals surface area contributed by atoms with Crippen LogP contribution in [0.15, 0.2) is 60.3 Å². The molecule has 1 saturated heterocycles. The number of ether oxygens (including phenoxy) is 2. The fourth-order valence-electron chi connectivity index (χ4n) is 3.58. The highest BCUT2D eigenvalue weighted by Crippen LogP contribution is 2.32. The number of carbonyl (C=O) groups is 1. The number of nitrogens with zero attached hydrogens (tertiary/aromatic N) is 3. The van der Waals surface area contributed by atoms with Gasteiger partial charge in [-0.2, -0.15) is 5.26 Å². The number of rotatable bonds is 6. The first kappa shape index (κ1) is 19.8. The molecule has 7 nitrogen and oxygen atoms in total. The van der Waals surface area contributed by atoms with Crippen molar-refractivity contribution in [2.24, 2.45) is 0 Å². The molecule has 0 aliphatic carbocycles. The molecule has 1 fully saturated rings. The van der Waals surface area contributed by atoms with Gasteiger partial charge in [0.2, 0.25) is 6.79 Å². The molecule has 2 aliphatic rings. The molecular formula is C23H24N4O3. The number of piperazine rings is 1. The van der Waals surface area contributed by atoms with Crippen LogP contribution in [0.5, 0.6) is 11.5 Å². The van der Waals surface area contributed by atoms with Crippen LogP contribution in [-0.2, 0) is 17.9 Å². The molecule has 2 aromatic carbocycles. The molecule has 0 radical (unpaired) electrons. The molecule has 2 heterocycles. The molecule has 0 atom stereocenters. The van der Waals surface area contributed by atoms with E-state index in [2.05, 4.69) is 22.3 Å². The number of hydrogen-bond acceptors (Lipinski definition) is 6. The molecular weight excluding hydrogens is 380 g/mol. The van der Waals surface area contributed by atoms with Crippen LogP contribution >= 0.6 is 0 Å². The molecule has 2 aliphatic heterocycles. The second-order valence-corrected chi connectivity index (χ2v) is 7.29. The van der Waals surface area contributed by atoms with Gasteiger partial charge in [-0.15, -0.1) is 0 Å². The number of amides is 1. The van der Waals surface area contributed by atoms with E-state index in [1.807, 2.05) is 42.5 Å². The third-order valence-corrected chi connectivity index (χ3v) is 5.25. The first-order chi connectivity index (χ1) is 14.7. The van der Waals surface area contributed by atoms with Gasteiger partial charge in [0.25, 0.3) is 5.91 Å². The zero-order chi connectivity index (χ0) is 20.8. The fourth-order valence-corrected chi connectivity index (χ4v) is 3.58. The largest absolute Gasteiger partial charge is 0.454 e.